The van der Waals surface area contributed by atoms with Crippen LogP contribution in [0.1, 0.15) is 92.9 Å². The van der Waals surface area contributed by atoms with E-state index in [9.17, 15) is 20.0 Å². The molecule has 0 saturated carbocycles. The standard InChI is InChI=1S/C68H66N4O10/c1-7-71-55-29-25-45(65(69-75)49-19-13-11-17-43(49)5)39-51(55)53-41-47(27-31-57(53)71)67(73)63-59(79-9-3)21-15-23-61(63)81-37-35-77-33-34-78-36-38-82-62-24-16-22-60(80-10-4)64(62)68(74)48-28-32-58-54(42-48)52-40-46(26-30-56(52)72(58)8-2)66(70-76)50-20-14-12-18-44(50)6/h11-32,39-42,75-76H,7-10,33-38H2,1-6H3. The Labute approximate surface area is 476 Å². The van der Waals surface area contributed by atoms with Crippen LogP contribution in [0.5, 0.6) is 23.0 Å². The van der Waals surface area contributed by atoms with E-state index in [1.54, 1.807) is 36.4 Å². The van der Waals surface area contributed by atoms with Gasteiger partial charge in [0.1, 0.15) is 58.8 Å². The molecule has 2 aromatic heterocycles. The first-order chi connectivity index (χ1) is 40.1. The summed E-state index contributed by atoms with van der Waals surface area (Å²) in [6.45, 7) is 15.4. The molecule has 0 unspecified atom stereocenters. The van der Waals surface area contributed by atoms with Crippen molar-refractivity contribution in [3.63, 3.8) is 0 Å². The van der Waals surface area contributed by atoms with E-state index < -0.39 is 0 Å². The second-order valence-corrected chi connectivity index (χ2v) is 19.6. The molecular weight excluding hydrogens is 1030 g/mol. The first-order valence-corrected chi connectivity index (χ1v) is 27.8. The van der Waals surface area contributed by atoms with Gasteiger partial charge in [0, 0.05) is 90.1 Å². The van der Waals surface area contributed by atoms with Gasteiger partial charge in [-0.1, -0.05) is 83.1 Å². The molecule has 82 heavy (non-hydrogen) atoms. The number of benzene rings is 8. The lowest BCUT2D eigenvalue weighted by molar-refractivity contribution is 0.0271. The molecule has 0 bridgehead atoms. The van der Waals surface area contributed by atoms with Crippen molar-refractivity contribution in [2.24, 2.45) is 10.3 Å². The molecule has 0 aliphatic carbocycles. The number of rotatable bonds is 25. The fraction of sp³-hybridized carbons (Fsp3) is 0.235. The number of hydrogen-bond donors (Lipinski definition) is 2. The van der Waals surface area contributed by atoms with Crippen molar-refractivity contribution in [2.75, 3.05) is 52.9 Å². The van der Waals surface area contributed by atoms with Gasteiger partial charge in [0.2, 0.25) is 11.6 Å². The number of carbonyl (C=O) groups is 2. The molecule has 0 radical (unpaired) electrons. The molecule has 0 aliphatic rings. The average Bonchev–Trinajstić information content (AvgIpc) is 4.23. The van der Waals surface area contributed by atoms with Crippen molar-refractivity contribution >= 4 is 66.6 Å². The molecule has 14 nitrogen and oxygen atoms in total. The molecule has 0 saturated heterocycles. The minimum Gasteiger partial charge on any atom is -0.493 e. The molecule has 0 spiro atoms. The lowest BCUT2D eigenvalue weighted by atomic mass is 9.96. The second kappa shape index (κ2) is 25.5. The molecule has 14 heteroatoms. The van der Waals surface area contributed by atoms with Gasteiger partial charge in [-0.25, -0.2) is 0 Å². The van der Waals surface area contributed by atoms with Crippen LogP contribution < -0.4 is 18.9 Å². The summed E-state index contributed by atoms with van der Waals surface area (Å²) in [7, 11) is 0. The normalized spacial score (nSPS) is 12.0. The number of hydrogen-bond acceptors (Lipinski definition) is 12. The smallest absolute Gasteiger partial charge is 0.200 e. The van der Waals surface area contributed by atoms with E-state index in [0.717, 1.165) is 77.0 Å². The molecule has 8 aromatic carbocycles. The SMILES string of the molecule is CCOc1cccc(OCCOCCOCCOc2cccc(OCC)c2C(=O)c2ccc3c(c2)c2cc(C(=NO)c4ccccc4C)ccc2n3CC)c1C(=O)c1ccc2c(c1)c1cc(C(=NO)c3ccccc3C)ccc1n2CC. The third kappa shape index (κ3) is 11.1. The minimum absolute atomic E-state index is 0.162. The van der Waals surface area contributed by atoms with Crippen molar-refractivity contribution in [1.29, 1.82) is 0 Å². The van der Waals surface area contributed by atoms with Gasteiger partial charge in [0.05, 0.1) is 39.6 Å². The van der Waals surface area contributed by atoms with Gasteiger partial charge in [-0.15, -0.1) is 0 Å². The number of ether oxygens (including phenoxy) is 6. The minimum atomic E-state index is -0.249. The van der Waals surface area contributed by atoms with E-state index in [1.165, 1.54) is 0 Å². The van der Waals surface area contributed by atoms with E-state index in [4.69, 9.17) is 28.4 Å². The predicted octanol–water partition coefficient (Wildman–Crippen LogP) is 13.8. The fourth-order valence-corrected chi connectivity index (χ4v) is 11.0. The van der Waals surface area contributed by atoms with Gasteiger partial charge in [-0.2, -0.15) is 0 Å². The highest BCUT2D eigenvalue weighted by atomic mass is 16.6. The van der Waals surface area contributed by atoms with Crippen molar-refractivity contribution in [3.8, 4) is 23.0 Å². The number of aryl methyl sites for hydroxylation is 4. The maximum Gasteiger partial charge on any atom is 0.200 e. The Balaban J connectivity index is 0.773. The number of carbonyl (C=O) groups excluding carboxylic acids is 2. The molecule has 0 aliphatic heterocycles. The maximum atomic E-state index is 14.6. The Morgan fingerprint density at radius 3 is 1.07 bits per heavy atom. The first kappa shape index (κ1) is 56.1. The summed E-state index contributed by atoms with van der Waals surface area (Å²) in [6, 6.07) is 49.8. The molecule has 418 valence electrons. The molecule has 0 amide bonds. The summed E-state index contributed by atoms with van der Waals surface area (Å²) in [4.78, 5) is 29.3. The Kier molecular flexibility index (Phi) is 17.4. The summed E-state index contributed by atoms with van der Waals surface area (Å²) in [6.07, 6.45) is 0. The summed E-state index contributed by atoms with van der Waals surface area (Å²) >= 11 is 0. The highest BCUT2D eigenvalue weighted by molar-refractivity contribution is 6.21. The number of oxime groups is 2. The van der Waals surface area contributed by atoms with Crippen LogP contribution in [0, 0.1) is 13.8 Å². The third-order valence-corrected chi connectivity index (χ3v) is 14.8. The molecule has 2 N–H and O–H groups in total. The van der Waals surface area contributed by atoms with Gasteiger partial charge in [-0.05, 0) is 138 Å². The van der Waals surface area contributed by atoms with Crippen LogP contribution in [-0.2, 0) is 22.6 Å². The van der Waals surface area contributed by atoms with E-state index in [0.29, 0.717) is 83.0 Å². The van der Waals surface area contributed by atoms with E-state index in [2.05, 4.69) is 33.3 Å². The van der Waals surface area contributed by atoms with Crippen LogP contribution >= 0.6 is 0 Å². The first-order valence-electron chi connectivity index (χ1n) is 27.8. The number of ketones is 2. The maximum absolute atomic E-state index is 14.6. The number of aromatic nitrogens is 2. The van der Waals surface area contributed by atoms with Crippen molar-refractivity contribution < 1.29 is 48.4 Å². The monoisotopic (exact) mass is 1100 g/mol. The zero-order valence-electron chi connectivity index (χ0n) is 47.0. The molecule has 10 aromatic rings. The Hall–Kier alpha value is -9.24. The summed E-state index contributed by atoms with van der Waals surface area (Å²) in [5.74, 6) is 1.08. The lowest BCUT2D eigenvalue weighted by Gasteiger charge is -2.16. The topological polar surface area (TPSA) is 165 Å². The quantitative estimate of drug-likeness (QED) is 0.0185. The Bertz CT molecular complexity index is 3800. The van der Waals surface area contributed by atoms with E-state index in [1.807, 2.05) is 149 Å². The summed E-state index contributed by atoms with van der Waals surface area (Å²) in [5.41, 5.74) is 11.6. The van der Waals surface area contributed by atoms with E-state index in [-0.39, 0.29) is 51.2 Å². The second-order valence-electron chi connectivity index (χ2n) is 19.6. The number of fused-ring (bicyclic) bond motifs is 6. The fourth-order valence-electron chi connectivity index (χ4n) is 11.0. The van der Waals surface area contributed by atoms with Gasteiger partial charge in [0.15, 0.2) is 0 Å². The molecular formula is C68H66N4O10. The van der Waals surface area contributed by atoms with E-state index >= 15 is 0 Å². The predicted molar refractivity (Wildman–Crippen MR) is 322 cm³/mol. The largest absolute Gasteiger partial charge is 0.493 e. The molecule has 2 heterocycles. The molecule has 10 rings (SSSR count). The highest BCUT2D eigenvalue weighted by Crippen LogP contribution is 2.38. The zero-order chi connectivity index (χ0) is 57.3. The van der Waals surface area contributed by atoms with Gasteiger partial charge >= 0.3 is 0 Å². The third-order valence-electron chi connectivity index (χ3n) is 14.8. The average molecular weight is 1100 g/mol. The van der Waals surface area contributed by atoms with Gasteiger partial charge < -0.3 is 48.0 Å². The Morgan fingerprint density at radius 1 is 0.402 bits per heavy atom. The van der Waals surface area contributed by atoms with Crippen LogP contribution in [-0.4, -0.2) is 95.4 Å². The summed E-state index contributed by atoms with van der Waals surface area (Å²) in [5, 5.41) is 31.6. The lowest BCUT2D eigenvalue weighted by Crippen LogP contribution is -2.15. The Morgan fingerprint density at radius 2 is 0.732 bits per heavy atom. The van der Waals surface area contributed by atoms with Crippen LogP contribution in [0.15, 0.2) is 168 Å². The summed E-state index contributed by atoms with van der Waals surface area (Å²) < 4.78 is 40.7. The molecule has 0 fully saturated rings. The van der Waals surface area contributed by atoms with Crippen molar-refractivity contribution in [3.05, 3.63) is 213 Å². The van der Waals surface area contributed by atoms with Crippen LogP contribution in [0.4, 0.5) is 0 Å². The number of nitrogens with zero attached hydrogens (tertiary/aromatic N) is 4. The van der Waals surface area contributed by atoms with Crippen LogP contribution in [0.2, 0.25) is 0 Å². The highest BCUT2D eigenvalue weighted by Gasteiger charge is 2.25. The molecule has 0 atom stereocenters. The van der Waals surface area contributed by atoms with Crippen LogP contribution in [0.3, 0.4) is 0 Å². The van der Waals surface area contributed by atoms with Gasteiger partial charge in [-0.3, -0.25) is 9.59 Å². The van der Waals surface area contributed by atoms with Crippen LogP contribution in [0.25, 0.3) is 43.6 Å². The zero-order valence-corrected chi connectivity index (χ0v) is 47.0. The van der Waals surface area contributed by atoms with Crippen molar-refractivity contribution in [2.45, 2.75) is 54.6 Å². The van der Waals surface area contributed by atoms with Crippen molar-refractivity contribution in [1.82, 2.24) is 9.13 Å². The van der Waals surface area contributed by atoms with Gasteiger partial charge in [0.25, 0.3) is 0 Å².